The van der Waals surface area contributed by atoms with Gasteiger partial charge in [-0.2, -0.15) is 0 Å². The van der Waals surface area contributed by atoms with Crippen molar-refractivity contribution in [2.45, 2.75) is 25.9 Å². The van der Waals surface area contributed by atoms with E-state index >= 15 is 0 Å². The Morgan fingerprint density at radius 3 is 2.77 bits per heavy atom. The van der Waals surface area contributed by atoms with Crippen LogP contribution in [0.1, 0.15) is 30.1 Å². The van der Waals surface area contributed by atoms with Crippen molar-refractivity contribution < 1.29 is 28.6 Å². The van der Waals surface area contributed by atoms with Crippen molar-refractivity contribution in [3.8, 4) is 5.75 Å². The first-order valence-corrected chi connectivity index (χ1v) is 8.64. The Balaban J connectivity index is 1.67. The molecule has 1 heterocycles. The van der Waals surface area contributed by atoms with E-state index in [2.05, 4.69) is 10.6 Å². The summed E-state index contributed by atoms with van der Waals surface area (Å²) in [4.78, 5) is 35.5. The smallest absolute Gasteiger partial charge is 0.325 e. The molecule has 0 aliphatic carbocycles. The largest absolute Gasteiger partial charge is 0.493 e. The molecule has 0 unspecified atom stereocenters. The summed E-state index contributed by atoms with van der Waals surface area (Å²) in [6.45, 7) is 2.63. The number of para-hydroxylation sites is 1. The minimum Gasteiger partial charge on any atom is -0.493 e. The number of benzene rings is 1. The summed E-state index contributed by atoms with van der Waals surface area (Å²) in [5, 5.41) is 5.10. The number of carbonyl (C=O) groups excluding carboxylic acids is 3. The highest BCUT2D eigenvalue weighted by Crippen LogP contribution is 2.17. The molecule has 2 N–H and O–H groups in total. The summed E-state index contributed by atoms with van der Waals surface area (Å²) in [5.41, 5.74) is 0.330. The predicted molar refractivity (Wildman–Crippen MR) is 92.9 cm³/mol. The van der Waals surface area contributed by atoms with Crippen molar-refractivity contribution in [1.29, 1.82) is 0 Å². The summed E-state index contributed by atoms with van der Waals surface area (Å²) >= 11 is 0. The van der Waals surface area contributed by atoms with Gasteiger partial charge in [0, 0.05) is 13.2 Å². The monoisotopic (exact) mass is 364 g/mol. The number of carbonyl (C=O) groups is 3. The van der Waals surface area contributed by atoms with Gasteiger partial charge in [0.05, 0.1) is 18.3 Å². The number of esters is 1. The highest BCUT2D eigenvalue weighted by Gasteiger charge is 2.17. The van der Waals surface area contributed by atoms with E-state index in [0.29, 0.717) is 31.1 Å². The topological polar surface area (TPSA) is 103 Å². The molecule has 0 aromatic heterocycles. The molecule has 1 aromatic carbocycles. The average Bonchev–Trinajstić information content (AvgIpc) is 3.17. The fourth-order valence-corrected chi connectivity index (χ4v) is 2.46. The first-order chi connectivity index (χ1) is 12.6. The standard InChI is InChI=1S/C18H24N2O6/c1-2-24-15-8-4-3-7-14(15)18(23)20-11-17(22)26-12-16(21)19-10-13-6-5-9-25-13/h3-4,7-8,13H,2,5-6,9-12H2,1H3,(H,19,21)(H,20,23)/t13-/m0/s1. The normalized spacial score (nSPS) is 16.0. The van der Waals surface area contributed by atoms with E-state index in [-0.39, 0.29) is 12.6 Å². The minimum atomic E-state index is -0.695. The van der Waals surface area contributed by atoms with Crippen LogP contribution in [0.5, 0.6) is 5.75 Å². The summed E-state index contributed by atoms with van der Waals surface area (Å²) < 4.78 is 15.6. The van der Waals surface area contributed by atoms with Gasteiger partial charge < -0.3 is 24.8 Å². The van der Waals surface area contributed by atoms with E-state index in [4.69, 9.17) is 14.2 Å². The Kier molecular flexibility index (Phi) is 7.88. The summed E-state index contributed by atoms with van der Waals surface area (Å²) in [7, 11) is 0. The lowest BCUT2D eigenvalue weighted by atomic mass is 10.2. The van der Waals surface area contributed by atoms with Gasteiger partial charge in [0.2, 0.25) is 0 Å². The fraction of sp³-hybridized carbons (Fsp3) is 0.500. The molecule has 1 atom stereocenters. The molecule has 1 aliphatic rings. The predicted octanol–water partition coefficient (Wildman–Crippen LogP) is 0.653. The van der Waals surface area contributed by atoms with E-state index in [1.807, 2.05) is 6.92 Å². The molecule has 0 spiro atoms. The lowest BCUT2D eigenvalue weighted by molar-refractivity contribution is -0.147. The number of nitrogens with one attached hydrogen (secondary N) is 2. The molecule has 0 bridgehead atoms. The van der Waals surface area contributed by atoms with Gasteiger partial charge in [-0.3, -0.25) is 14.4 Å². The van der Waals surface area contributed by atoms with Gasteiger partial charge in [-0.15, -0.1) is 0 Å². The Hall–Kier alpha value is -2.61. The lowest BCUT2D eigenvalue weighted by Crippen LogP contribution is -2.36. The van der Waals surface area contributed by atoms with E-state index in [1.165, 1.54) is 0 Å². The van der Waals surface area contributed by atoms with Gasteiger partial charge in [0.15, 0.2) is 6.61 Å². The molecule has 1 fully saturated rings. The molecule has 142 valence electrons. The summed E-state index contributed by atoms with van der Waals surface area (Å²) in [6.07, 6.45) is 1.93. The molecule has 1 aromatic rings. The van der Waals surface area contributed by atoms with Crippen LogP contribution in [0.4, 0.5) is 0 Å². The average molecular weight is 364 g/mol. The number of amides is 2. The fourth-order valence-electron chi connectivity index (χ4n) is 2.46. The molecule has 2 rings (SSSR count). The summed E-state index contributed by atoms with van der Waals surface area (Å²) in [5.74, 6) is -1.11. The van der Waals surface area contributed by atoms with Crippen LogP contribution in [-0.4, -0.2) is 56.8 Å². The molecule has 2 amide bonds. The zero-order valence-electron chi connectivity index (χ0n) is 14.8. The Morgan fingerprint density at radius 2 is 2.04 bits per heavy atom. The van der Waals surface area contributed by atoms with Crippen LogP contribution >= 0.6 is 0 Å². The van der Waals surface area contributed by atoms with E-state index < -0.39 is 24.4 Å². The molecular formula is C18H24N2O6. The van der Waals surface area contributed by atoms with E-state index in [0.717, 1.165) is 12.8 Å². The SMILES string of the molecule is CCOc1ccccc1C(=O)NCC(=O)OCC(=O)NC[C@@H]1CCCO1. The van der Waals surface area contributed by atoms with E-state index in [9.17, 15) is 14.4 Å². The van der Waals surface area contributed by atoms with Crippen molar-refractivity contribution in [2.24, 2.45) is 0 Å². The van der Waals surface area contributed by atoms with Crippen molar-refractivity contribution >= 4 is 17.8 Å². The quantitative estimate of drug-likeness (QED) is 0.624. The number of hydrogen-bond donors (Lipinski definition) is 2. The summed E-state index contributed by atoms with van der Waals surface area (Å²) in [6, 6.07) is 6.73. The van der Waals surface area contributed by atoms with Crippen LogP contribution in [-0.2, 0) is 19.1 Å². The molecule has 1 saturated heterocycles. The molecule has 0 radical (unpaired) electrons. The molecule has 26 heavy (non-hydrogen) atoms. The second kappa shape index (κ2) is 10.4. The van der Waals surface area contributed by atoms with Gasteiger partial charge in [-0.1, -0.05) is 12.1 Å². The van der Waals surface area contributed by atoms with Crippen LogP contribution in [0, 0.1) is 0 Å². The van der Waals surface area contributed by atoms with Crippen molar-refractivity contribution in [2.75, 3.05) is 32.9 Å². The van der Waals surface area contributed by atoms with Crippen LogP contribution in [0.15, 0.2) is 24.3 Å². The number of ether oxygens (including phenoxy) is 3. The number of rotatable bonds is 9. The number of hydrogen-bond acceptors (Lipinski definition) is 6. The second-order valence-corrected chi connectivity index (χ2v) is 5.71. The van der Waals surface area contributed by atoms with Crippen LogP contribution in [0.2, 0.25) is 0 Å². The van der Waals surface area contributed by atoms with Crippen LogP contribution in [0.25, 0.3) is 0 Å². The third-order valence-corrected chi connectivity index (χ3v) is 3.74. The Labute approximate surface area is 152 Å². The van der Waals surface area contributed by atoms with Gasteiger partial charge >= 0.3 is 5.97 Å². The zero-order valence-corrected chi connectivity index (χ0v) is 14.8. The molecule has 8 heteroatoms. The van der Waals surface area contributed by atoms with Crippen LogP contribution < -0.4 is 15.4 Å². The highest BCUT2D eigenvalue weighted by atomic mass is 16.5. The second-order valence-electron chi connectivity index (χ2n) is 5.71. The minimum absolute atomic E-state index is 0.0272. The first kappa shape index (κ1) is 19.7. The van der Waals surface area contributed by atoms with Gasteiger partial charge in [-0.25, -0.2) is 0 Å². The van der Waals surface area contributed by atoms with Gasteiger partial charge in [-0.05, 0) is 31.9 Å². The van der Waals surface area contributed by atoms with Crippen molar-refractivity contribution in [1.82, 2.24) is 10.6 Å². The first-order valence-electron chi connectivity index (χ1n) is 8.64. The maximum atomic E-state index is 12.1. The van der Waals surface area contributed by atoms with Gasteiger partial charge in [0.25, 0.3) is 11.8 Å². The Bertz CT molecular complexity index is 628. The molecule has 1 aliphatic heterocycles. The van der Waals surface area contributed by atoms with Crippen LogP contribution in [0.3, 0.4) is 0 Å². The Morgan fingerprint density at radius 1 is 1.23 bits per heavy atom. The third-order valence-electron chi connectivity index (χ3n) is 3.74. The van der Waals surface area contributed by atoms with E-state index in [1.54, 1.807) is 24.3 Å². The maximum Gasteiger partial charge on any atom is 0.325 e. The molecular weight excluding hydrogens is 340 g/mol. The molecule has 0 saturated carbocycles. The lowest BCUT2D eigenvalue weighted by Gasteiger charge is -2.12. The molecule has 8 nitrogen and oxygen atoms in total. The highest BCUT2D eigenvalue weighted by molar-refractivity contribution is 5.98. The van der Waals surface area contributed by atoms with Gasteiger partial charge in [0.1, 0.15) is 12.3 Å². The maximum absolute atomic E-state index is 12.1. The third kappa shape index (κ3) is 6.36. The van der Waals surface area contributed by atoms with Crippen molar-refractivity contribution in [3.63, 3.8) is 0 Å². The zero-order chi connectivity index (χ0) is 18.8. The van der Waals surface area contributed by atoms with Crippen molar-refractivity contribution in [3.05, 3.63) is 29.8 Å².